The van der Waals surface area contributed by atoms with E-state index < -0.39 is 0 Å². The molecule has 0 saturated carbocycles. The minimum absolute atomic E-state index is 0.183. The minimum Gasteiger partial charge on any atom is -0.493 e. The number of benzene rings is 6. The van der Waals surface area contributed by atoms with Crippen molar-refractivity contribution < 1.29 is 9.47 Å². The van der Waals surface area contributed by atoms with E-state index in [0.29, 0.717) is 13.2 Å². The Morgan fingerprint density at radius 3 is 1.65 bits per heavy atom. The number of hydrogen-bond acceptors (Lipinski definition) is 3. The molecular weight excluding hydrogens is 565 g/mol. The van der Waals surface area contributed by atoms with E-state index >= 15 is 0 Å². The van der Waals surface area contributed by atoms with E-state index in [1.807, 2.05) is 13.8 Å². The van der Waals surface area contributed by atoms with Crippen LogP contribution in [0.2, 0.25) is 0 Å². The van der Waals surface area contributed by atoms with Gasteiger partial charge >= 0.3 is 0 Å². The summed E-state index contributed by atoms with van der Waals surface area (Å²) >= 11 is 1.78. The average molecular weight is 602 g/mol. The van der Waals surface area contributed by atoms with Gasteiger partial charge in [0.25, 0.3) is 0 Å². The van der Waals surface area contributed by atoms with Gasteiger partial charge in [-0.15, -0.1) is 0 Å². The van der Waals surface area contributed by atoms with Crippen LogP contribution in [0.4, 0.5) is 0 Å². The Labute approximate surface area is 262 Å². The molecule has 0 heterocycles. The highest BCUT2D eigenvalue weighted by molar-refractivity contribution is 7.99. The van der Waals surface area contributed by atoms with Crippen LogP contribution in [0.3, 0.4) is 0 Å². The van der Waals surface area contributed by atoms with Gasteiger partial charge in [0.05, 0.1) is 24.1 Å². The first kappa shape index (κ1) is 29.2. The molecule has 0 aliphatic heterocycles. The molecule has 0 amide bonds. The third kappa shape index (κ3) is 5.87. The summed E-state index contributed by atoms with van der Waals surface area (Å²) in [5.74, 6) is 1.84. The molecule has 2 nitrogen and oxygen atoms in total. The predicted molar refractivity (Wildman–Crippen MR) is 184 cm³/mol. The van der Waals surface area contributed by atoms with Crippen molar-refractivity contribution in [2.45, 2.75) is 59.1 Å². The standard InChI is InChI=1S/C39H37O2S2/c1-6-40-37-33-15-11-12-16-34(33)38(41-7-2)36-25-30(19-22-35(36)37)42-29-17-20-32(21-18-29)43(31-13-9-8-10-14-31)39-27(4)23-26(3)24-28(39)5/h8-25H,6-7H2,1-5H3/q+1. The van der Waals surface area contributed by atoms with Crippen molar-refractivity contribution in [3.63, 3.8) is 0 Å². The van der Waals surface area contributed by atoms with Crippen LogP contribution < -0.4 is 9.47 Å². The Morgan fingerprint density at radius 2 is 1.05 bits per heavy atom. The summed E-state index contributed by atoms with van der Waals surface area (Å²) in [6.07, 6.45) is 0. The minimum atomic E-state index is -0.183. The van der Waals surface area contributed by atoms with Gasteiger partial charge in [-0.1, -0.05) is 71.9 Å². The van der Waals surface area contributed by atoms with Gasteiger partial charge in [0.15, 0.2) is 14.7 Å². The molecule has 0 aromatic heterocycles. The van der Waals surface area contributed by atoms with Crippen LogP contribution in [-0.2, 0) is 10.9 Å². The Balaban J connectivity index is 1.39. The van der Waals surface area contributed by atoms with Gasteiger partial charge in [-0.2, -0.15) is 0 Å². The topological polar surface area (TPSA) is 18.5 Å². The van der Waals surface area contributed by atoms with Gasteiger partial charge in [-0.05, 0) is 89.2 Å². The maximum atomic E-state index is 6.26. The van der Waals surface area contributed by atoms with E-state index in [4.69, 9.17) is 9.47 Å². The van der Waals surface area contributed by atoms with Crippen LogP contribution in [0.5, 0.6) is 11.5 Å². The third-order valence-corrected chi connectivity index (χ3v) is 11.1. The van der Waals surface area contributed by atoms with Crippen molar-refractivity contribution in [3.05, 3.63) is 126 Å². The Bertz CT molecular complexity index is 1870. The average Bonchev–Trinajstić information content (AvgIpc) is 3.01. The zero-order valence-corrected chi connectivity index (χ0v) is 27.1. The van der Waals surface area contributed by atoms with E-state index in [2.05, 4.69) is 130 Å². The summed E-state index contributed by atoms with van der Waals surface area (Å²) in [4.78, 5) is 6.48. The van der Waals surface area contributed by atoms with Crippen LogP contribution >= 0.6 is 11.8 Å². The fourth-order valence-corrected chi connectivity index (χ4v) is 9.14. The first-order valence-corrected chi connectivity index (χ1v) is 16.9. The Kier molecular flexibility index (Phi) is 8.69. The molecule has 0 aliphatic rings. The van der Waals surface area contributed by atoms with Crippen molar-refractivity contribution in [3.8, 4) is 11.5 Å². The quantitative estimate of drug-likeness (QED) is 0.121. The zero-order chi connectivity index (χ0) is 29.9. The van der Waals surface area contributed by atoms with Crippen molar-refractivity contribution >= 4 is 44.2 Å². The maximum absolute atomic E-state index is 6.26. The molecule has 0 radical (unpaired) electrons. The fraction of sp³-hybridized carbons (Fsp3) is 0.179. The molecule has 0 aliphatic carbocycles. The summed E-state index contributed by atoms with van der Waals surface area (Å²) in [5, 5.41) is 4.34. The molecule has 216 valence electrons. The van der Waals surface area contributed by atoms with Gasteiger partial charge in [0.2, 0.25) is 0 Å². The predicted octanol–water partition coefficient (Wildman–Crippen LogP) is 11.0. The number of aryl methyl sites for hydroxylation is 3. The van der Waals surface area contributed by atoms with Gasteiger partial charge in [0, 0.05) is 42.5 Å². The van der Waals surface area contributed by atoms with Gasteiger partial charge in [-0.3, -0.25) is 0 Å². The van der Waals surface area contributed by atoms with E-state index in [9.17, 15) is 0 Å². The number of ether oxygens (including phenoxy) is 2. The van der Waals surface area contributed by atoms with E-state index in [-0.39, 0.29) is 10.9 Å². The second-order valence-electron chi connectivity index (χ2n) is 10.7. The molecule has 43 heavy (non-hydrogen) atoms. The smallest absolute Gasteiger partial charge is 0.172 e. The molecule has 6 aromatic carbocycles. The van der Waals surface area contributed by atoms with Gasteiger partial charge in [0.1, 0.15) is 11.5 Å². The monoisotopic (exact) mass is 601 g/mol. The molecule has 0 bridgehead atoms. The summed E-state index contributed by atoms with van der Waals surface area (Å²) in [5.41, 5.74) is 4.01. The highest BCUT2D eigenvalue weighted by Gasteiger charge is 2.32. The summed E-state index contributed by atoms with van der Waals surface area (Å²) < 4.78 is 12.5. The molecule has 4 heteroatoms. The molecule has 0 saturated heterocycles. The molecule has 0 spiro atoms. The zero-order valence-electron chi connectivity index (χ0n) is 25.4. The van der Waals surface area contributed by atoms with Crippen molar-refractivity contribution in [1.82, 2.24) is 0 Å². The van der Waals surface area contributed by atoms with Crippen molar-refractivity contribution in [2.75, 3.05) is 13.2 Å². The highest BCUT2D eigenvalue weighted by atomic mass is 32.2. The summed E-state index contributed by atoms with van der Waals surface area (Å²) in [6.45, 7) is 12.0. The molecule has 0 N–H and O–H groups in total. The lowest BCUT2D eigenvalue weighted by molar-refractivity contribution is 0.342. The molecule has 0 fully saturated rings. The van der Waals surface area contributed by atoms with Crippen LogP contribution in [0.1, 0.15) is 30.5 Å². The van der Waals surface area contributed by atoms with Crippen LogP contribution in [0.15, 0.2) is 134 Å². The lowest BCUT2D eigenvalue weighted by atomic mass is 10.0. The highest BCUT2D eigenvalue weighted by Crippen LogP contribution is 2.45. The van der Waals surface area contributed by atoms with E-state index in [1.165, 1.54) is 41.2 Å². The lowest BCUT2D eigenvalue weighted by Crippen LogP contribution is -2.09. The van der Waals surface area contributed by atoms with Gasteiger partial charge < -0.3 is 9.47 Å². The maximum Gasteiger partial charge on any atom is 0.172 e. The normalized spacial score (nSPS) is 12.0. The molecule has 1 atom stereocenters. The van der Waals surface area contributed by atoms with E-state index in [1.54, 1.807) is 11.8 Å². The van der Waals surface area contributed by atoms with Crippen LogP contribution in [0.25, 0.3) is 21.5 Å². The summed E-state index contributed by atoms with van der Waals surface area (Å²) in [7, 11) is -0.183. The Morgan fingerprint density at radius 1 is 0.535 bits per heavy atom. The van der Waals surface area contributed by atoms with E-state index in [0.717, 1.165) is 33.0 Å². The molecule has 1 unspecified atom stereocenters. The second-order valence-corrected chi connectivity index (χ2v) is 13.8. The molecule has 6 aromatic rings. The summed E-state index contributed by atoms with van der Waals surface area (Å²) in [6, 6.07) is 39.7. The van der Waals surface area contributed by atoms with Gasteiger partial charge in [-0.25, -0.2) is 0 Å². The van der Waals surface area contributed by atoms with Crippen molar-refractivity contribution in [2.24, 2.45) is 0 Å². The first-order chi connectivity index (χ1) is 21.0. The van der Waals surface area contributed by atoms with Crippen molar-refractivity contribution in [1.29, 1.82) is 0 Å². The third-order valence-electron chi connectivity index (χ3n) is 7.56. The Hall–Kier alpha value is -3.86. The SMILES string of the molecule is CCOc1c2ccccc2c(OCC)c2cc(Sc3ccc([S+](c4ccccc4)c4c(C)cc(C)cc4C)cc3)ccc12. The molecule has 6 rings (SSSR count). The second kappa shape index (κ2) is 12.8. The first-order valence-electron chi connectivity index (χ1n) is 14.9. The fourth-order valence-electron chi connectivity index (χ4n) is 5.94. The number of rotatable bonds is 9. The largest absolute Gasteiger partial charge is 0.493 e. The lowest BCUT2D eigenvalue weighted by Gasteiger charge is -2.17. The number of hydrogen-bond donors (Lipinski definition) is 0. The van der Waals surface area contributed by atoms with Crippen LogP contribution in [-0.4, -0.2) is 13.2 Å². The number of fused-ring (bicyclic) bond motifs is 2. The van der Waals surface area contributed by atoms with Crippen LogP contribution in [0, 0.1) is 20.8 Å². The molecular formula is C39H37O2S2+.